The van der Waals surface area contributed by atoms with Gasteiger partial charge in [-0.05, 0) is 38.5 Å². The molecule has 0 spiro atoms. The van der Waals surface area contributed by atoms with Crippen LogP contribution in [0.5, 0.6) is 0 Å². The minimum atomic E-state index is -0.776. The molecule has 1 heterocycles. The van der Waals surface area contributed by atoms with Crippen LogP contribution in [0.1, 0.15) is 60.3 Å². The molecule has 1 N–H and O–H groups in total. The Labute approximate surface area is 115 Å². The van der Waals surface area contributed by atoms with E-state index >= 15 is 0 Å². The monoisotopic (exact) mass is 266 g/mol. The van der Waals surface area contributed by atoms with Gasteiger partial charge in [0.25, 0.3) is 0 Å². The second kappa shape index (κ2) is 4.50. The predicted molar refractivity (Wildman–Crippen MR) is 74.6 cm³/mol. The third-order valence-corrected chi connectivity index (χ3v) is 4.77. The smallest absolute Gasteiger partial charge is 0.248 e. The van der Waals surface area contributed by atoms with Crippen LogP contribution >= 0.6 is 0 Å². The van der Waals surface area contributed by atoms with Crippen LogP contribution in [0.3, 0.4) is 0 Å². The SMILES string of the molecule is CCC1C(=O)NC(C)(C)C(=O)N1C1CCCC1(C)C. The Morgan fingerprint density at radius 2 is 1.89 bits per heavy atom. The van der Waals surface area contributed by atoms with Gasteiger partial charge in [-0.25, -0.2) is 0 Å². The number of amides is 2. The summed E-state index contributed by atoms with van der Waals surface area (Å²) in [5.41, 5.74) is -0.668. The maximum absolute atomic E-state index is 12.7. The largest absolute Gasteiger partial charge is 0.340 e. The standard InChI is InChI=1S/C15H26N2O2/c1-6-10-12(18)16-15(4,5)13(19)17(10)11-8-7-9-14(11,2)3/h10-11H,6-9H2,1-5H3,(H,16,18). The van der Waals surface area contributed by atoms with Crippen LogP contribution in [0.15, 0.2) is 0 Å². The van der Waals surface area contributed by atoms with Gasteiger partial charge in [-0.2, -0.15) is 0 Å². The average molecular weight is 266 g/mol. The van der Waals surface area contributed by atoms with Crippen molar-refractivity contribution in [1.82, 2.24) is 10.2 Å². The zero-order valence-corrected chi connectivity index (χ0v) is 12.7. The fraction of sp³-hybridized carbons (Fsp3) is 0.867. The van der Waals surface area contributed by atoms with Gasteiger partial charge in [-0.15, -0.1) is 0 Å². The molecule has 2 amide bonds. The number of hydrogen-bond donors (Lipinski definition) is 1. The first kappa shape index (κ1) is 14.4. The van der Waals surface area contributed by atoms with E-state index in [0.717, 1.165) is 19.3 Å². The zero-order valence-electron chi connectivity index (χ0n) is 12.7. The van der Waals surface area contributed by atoms with Crippen molar-refractivity contribution in [2.24, 2.45) is 5.41 Å². The van der Waals surface area contributed by atoms with Crippen LogP contribution in [0.4, 0.5) is 0 Å². The quantitative estimate of drug-likeness (QED) is 0.832. The van der Waals surface area contributed by atoms with Gasteiger partial charge in [-0.1, -0.05) is 27.2 Å². The van der Waals surface area contributed by atoms with Crippen molar-refractivity contribution >= 4 is 11.8 Å². The van der Waals surface area contributed by atoms with Gasteiger partial charge in [0.2, 0.25) is 11.8 Å². The van der Waals surface area contributed by atoms with E-state index in [2.05, 4.69) is 19.2 Å². The fourth-order valence-corrected chi connectivity index (χ4v) is 3.60. The molecule has 1 aliphatic carbocycles. The maximum atomic E-state index is 12.7. The van der Waals surface area contributed by atoms with Gasteiger partial charge in [0, 0.05) is 6.04 Å². The van der Waals surface area contributed by atoms with Crippen LogP contribution in [0.25, 0.3) is 0 Å². The first-order valence-corrected chi connectivity index (χ1v) is 7.35. The number of carbonyl (C=O) groups excluding carboxylic acids is 2. The van der Waals surface area contributed by atoms with Crippen LogP contribution < -0.4 is 5.32 Å². The van der Waals surface area contributed by atoms with Crippen molar-refractivity contribution in [3.05, 3.63) is 0 Å². The van der Waals surface area contributed by atoms with E-state index in [9.17, 15) is 9.59 Å². The summed E-state index contributed by atoms with van der Waals surface area (Å²) < 4.78 is 0. The predicted octanol–water partition coefficient (Wildman–Crippen LogP) is 2.08. The molecule has 1 saturated carbocycles. The van der Waals surface area contributed by atoms with Crippen molar-refractivity contribution in [1.29, 1.82) is 0 Å². The summed E-state index contributed by atoms with van der Waals surface area (Å²) in [4.78, 5) is 26.9. The third kappa shape index (κ3) is 2.26. The van der Waals surface area contributed by atoms with Crippen molar-refractivity contribution in [2.75, 3.05) is 0 Å². The van der Waals surface area contributed by atoms with E-state index in [1.807, 2.05) is 11.8 Å². The molecule has 0 aromatic heterocycles. The van der Waals surface area contributed by atoms with Crippen LogP contribution in [0.2, 0.25) is 0 Å². The molecule has 0 aromatic carbocycles. The van der Waals surface area contributed by atoms with Crippen molar-refractivity contribution in [2.45, 2.75) is 77.9 Å². The second-order valence-corrected chi connectivity index (χ2v) is 7.15. The van der Waals surface area contributed by atoms with Crippen molar-refractivity contribution in [3.8, 4) is 0 Å². The summed E-state index contributed by atoms with van der Waals surface area (Å²) in [6.07, 6.45) is 3.96. The summed E-state index contributed by atoms with van der Waals surface area (Å²) in [5, 5.41) is 2.86. The molecule has 2 atom stereocenters. The molecule has 4 heteroatoms. The van der Waals surface area contributed by atoms with Crippen molar-refractivity contribution < 1.29 is 9.59 Å². The van der Waals surface area contributed by atoms with Crippen LogP contribution in [0, 0.1) is 5.41 Å². The number of piperazine rings is 1. The molecule has 0 bridgehead atoms. The Morgan fingerprint density at radius 3 is 2.37 bits per heavy atom. The highest BCUT2D eigenvalue weighted by atomic mass is 16.2. The van der Waals surface area contributed by atoms with E-state index in [1.165, 1.54) is 0 Å². The van der Waals surface area contributed by atoms with Gasteiger partial charge in [0.15, 0.2) is 0 Å². The first-order chi connectivity index (χ1) is 8.70. The molecule has 1 saturated heterocycles. The van der Waals surface area contributed by atoms with Gasteiger partial charge < -0.3 is 10.2 Å². The van der Waals surface area contributed by atoms with Crippen LogP contribution in [-0.2, 0) is 9.59 Å². The molecule has 1 aliphatic heterocycles. The lowest BCUT2D eigenvalue weighted by atomic mass is 9.83. The van der Waals surface area contributed by atoms with Crippen LogP contribution in [-0.4, -0.2) is 34.3 Å². The molecule has 19 heavy (non-hydrogen) atoms. The highest BCUT2D eigenvalue weighted by Gasteiger charge is 2.51. The van der Waals surface area contributed by atoms with Gasteiger partial charge >= 0.3 is 0 Å². The van der Waals surface area contributed by atoms with E-state index in [-0.39, 0.29) is 29.3 Å². The number of hydrogen-bond acceptors (Lipinski definition) is 2. The molecule has 0 aromatic rings. The molecule has 2 unspecified atom stereocenters. The van der Waals surface area contributed by atoms with E-state index < -0.39 is 5.54 Å². The maximum Gasteiger partial charge on any atom is 0.248 e. The minimum absolute atomic E-state index is 0.00481. The molecule has 4 nitrogen and oxygen atoms in total. The third-order valence-electron chi connectivity index (χ3n) is 4.77. The van der Waals surface area contributed by atoms with Gasteiger partial charge in [0.05, 0.1) is 0 Å². The average Bonchev–Trinajstić information content (AvgIpc) is 2.62. The molecule has 0 radical (unpaired) electrons. The Bertz CT molecular complexity index is 401. The summed E-state index contributed by atoms with van der Waals surface area (Å²) in [5.74, 6) is 0.0636. The van der Waals surface area contributed by atoms with Gasteiger partial charge in [-0.3, -0.25) is 9.59 Å². The first-order valence-electron chi connectivity index (χ1n) is 7.35. The zero-order chi connectivity index (χ0) is 14.4. The van der Waals surface area contributed by atoms with E-state index in [1.54, 1.807) is 13.8 Å². The molecular weight excluding hydrogens is 240 g/mol. The molecular formula is C15H26N2O2. The Morgan fingerprint density at radius 1 is 1.26 bits per heavy atom. The number of nitrogens with one attached hydrogen (secondary N) is 1. The summed E-state index contributed by atoms with van der Waals surface area (Å²) in [6, 6.07) is -0.113. The minimum Gasteiger partial charge on any atom is -0.340 e. The molecule has 2 fully saturated rings. The number of rotatable bonds is 2. The lowest BCUT2D eigenvalue weighted by molar-refractivity contribution is -0.158. The highest BCUT2D eigenvalue weighted by Crippen LogP contribution is 2.43. The highest BCUT2D eigenvalue weighted by molar-refractivity contribution is 5.99. The molecule has 2 rings (SSSR count). The second-order valence-electron chi connectivity index (χ2n) is 7.15. The summed E-state index contributed by atoms with van der Waals surface area (Å²) in [6.45, 7) is 10.0. The van der Waals surface area contributed by atoms with E-state index in [0.29, 0.717) is 6.42 Å². The van der Waals surface area contributed by atoms with Gasteiger partial charge in [0.1, 0.15) is 11.6 Å². The molecule has 2 aliphatic rings. The lowest BCUT2D eigenvalue weighted by Gasteiger charge is -2.48. The number of carbonyl (C=O) groups is 2. The summed E-state index contributed by atoms with van der Waals surface area (Å²) in [7, 11) is 0. The Kier molecular flexibility index (Phi) is 3.40. The number of nitrogens with zero attached hydrogens (tertiary/aromatic N) is 1. The van der Waals surface area contributed by atoms with E-state index in [4.69, 9.17) is 0 Å². The Balaban J connectivity index is 2.38. The Hall–Kier alpha value is -1.06. The topological polar surface area (TPSA) is 49.4 Å². The fourth-order valence-electron chi connectivity index (χ4n) is 3.60. The lowest BCUT2D eigenvalue weighted by Crippen LogP contribution is -2.70. The van der Waals surface area contributed by atoms with Crippen molar-refractivity contribution in [3.63, 3.8) is 0 Å². The summed E-state index contributed by atoms with van der Waals surface area (Å²) >= 11 is 0. The molecule has 108 valence electrons. The normalized spacial score (nSPS) is 33.4.